The van der Waals surface area contributed by atoms with Gasteiger partial charge in [0.05, 0.1) is 0 Å². The van der Waals surface area contributed by atoms with Crippen LogP contribution in [0.3, 0.4) is 0 Å². The Kier molecular flexibility index (Phi) is 6.51. The first-order valence-corrected chi connectivity index (χ1v) is 8.81. The van der Waals surface area contributed by atoms with E-state index >= 15 is 0 Å². The predicted octanol–water partition coefficient (Wildman–Crippen LogP) is 3.52. The molecule has 1 aliphatic rings. The van der Waals surface area contributed by atoms with E-state index < -0.39 is 0 Å². The summed E-state index contributed by atoms with van der Waals surface area (Å²) in [7, 11) is 0. The number of nitrogens with zero attached hydrogens (tertiary/aromatic N) is 2. The monoisotopic (exact) mass is 373 g/mol. The lowest BCUT2D eigenvalue weighted by molar-refractivity contribution is 0.106. The van der Waals surface area contributed by atoms with Gasteiger partial charge in [0.15, 0.2) is 0 Å². The van der Waals surface area contributed by atoms with Crippen molar-refractivity contribution in [1.29, 1.82) is 0 Å². The normalized spacial score (nSPS) is 19.1. The molecule has 21 heavy (non-hydrogen) atoms. The Morgan fingerprint density at radius 1 is 1.24 bits per heavy atom. The summed E-state index contributed by atoms with van der Waals surface area (Å²) in [5, 5.41) is 0.751. The molecule has 0 amide bonds. The highest BCUT2D eigenvalue weighted by molar-refractivity contribution is 9.10. The van der Waals surface area contributed by atoms with Gasteiger partial charge in [0.1, 0.15) is 0 Å². The smallest absolute Gasteiger partial charge is 0.0464 e. The molecule has 0 radical (unpaired) electrons. The first kappa shape index (κ1) is 17.2. The molecule has 1 aromatic carbocycles. The quantitative estimate of drug-likeness (QED) is 0.856. The van der Waals surface area contributed by atoms with E-state index in [0.29, 0.717) is 6.04 Å². The van der Waals surface area contributed by atoms with Crippen LogP contribution in [0, 0.1) is 0 Å². The molecule has 2 N–H and O–H groups in total. The second-order valence-electron chi connectivity index (χ2n) is 6.03. The van der Waals surface area contributed by atoms with Crippen LogP contribution in [0.2, 0.25) is 5.02 Å². The lowest BCUT2D eigenvalue weighted by atomic mass is 10.0. The molecule has 1 saturated heterocycles. The molecule has 1 aliphatic heterocycles. The van der Waals surface area contributed by atoms with Crippen LogP contribution in [0.4, 0.5) is 0 Å². The van der Waals surface area contributed by atoms with Gasteiger partial charge >= 0.3 is 0 Å². The van der Waals surface area contributed by atoms with E-state index in [-0.39, 0.29) is 6.04 Å². The predicted molar refractivity (Wildman–Crippen MR) is 93.8 cm³/mol. The van der Waals surface area contributed by atoms with Gasteiger partial charge in [0.25, 0.3) is 0 Å². The van der Waals surface area contributed by atoms with Gasteiger partial charge in [-0.2, -0.15) is 0 Å². The fraction of sp³-hybridized carbons (Fsp3) is 0.625. The maximum atomic E-state index is 6.30. The first-order chi connectivity index (χ1) is 9.97. The van der Waals surface area contributed by atoms with Gasteiger partial charge in [-0.1, -0.05) is 33.6 Å². The number of piperazine rings is 1. The highest BCUT2D eigenvalue weighted by Gasteiger charge is 2.19. The summed E-state index contributed by atoms with van der Waals surface area (Å²) in [6.45, 7) is 10.2. The summed E-state index contributed by atoms with van der Waals surface area (Å²) in [5.41, 5.74) is 7.34. The van der Waals surface area contributed by atoms with Crippen molar-refractivity contribution in [2.24, 2.45) is 5.73 Å². The van der Waals surface area contributed by atoms with Crippen LogP contribution < -0.4 is 5.73 Å². The van der Waals surface area contributed by atoms with Gasteiger partial charge in [0, 0.05) is 54.3 Å². The van der Waals surface area contributed by atoms with Crippen LogP contribution in [-0.4, -0.2) is 48.6 Å². The van der Waals surface area contributed by atoms with Gasteiger partial charge in [-0.05, 0) is 38.0 Å². The number of rotatable bonds is 5. The van der Waals surface area contributed by atoms with E-state index in [4.69, 9.17) is 17.3 Å². The van der Waals surface area contributed by atoms with E-state index in [0.717, 1.165) is 54.2 Å². The largest absolute Gasteiger partial charge is 0.324 e. The Balaban J connectivity index is 1.81. The van der Waals surface area contributed by atoms with E-state index in [9.17, 15) is 0 Å². The van der Waals surface area contributed by atoms with E-state index in [1.54, 1.807) is 0 Å². The van der Waals surface area contributed by atoms with Crippen molar-refractivity contribution in [1.82, 2.24) is 9.80 Å². The Hall–Kier alpha value is -0.130. The molecule has 2 rings (SSSR count). The summed E-state index contributed by atoms with van der Waals surface area (Å²) in [5.74, 6) is 0. The van der Waals surface area contributed by atoms with Crippen molar-refractivity contribution in [3.8, 4) is 0 Å². The highest BCUT2D eigenvalue weighted by atomic mass is 79.9. The average Bonchev–Trinajstić information content (AvgIpc) is 2.45. The third-order valence-electron chi connectivity index (χ3n) is 4.26. The molecular formula is C16H25BrClN3. The fourth-order valence-corrected chi connectivity index (χ4v) is 3.60. The topological polar surface area (TPSA) is 32.5 Å². The zero-order valence-corrected chi connectivity index (χ0v) is 15.2. The summed E-state index contributed by atoms with van der Waals surface area (Å²) in [6, 6.07) is 6.60. The molecular weight excluding hydrogens is 350 g/mol. The molecule has 1 heterocycles. The van der Waals surface area contributed by atoms with E-state index in [1.165, 1.54) is 0 Å². The molecule has 1 unspecified atom stereocenters. The van der Waals surface area contributed by atoms with Gasteiger partial charge in [-0.3, -0.25) is 4.90 Å². The standard InChI is InChI=1S/C16H25BrClN3/c1-12(2)21-9-7-20(8-10-21)6-5-16(19)14-4-3-13(17)11-15(14)18/h3-4,11-12,16H,5-10,19H2,1-2H3. The molecule has 5 heteroatoms. The second-order valence-corrected chi connectivity index (χ2v) is 7.36. The molecule has 118 valence electrons. The average molecular weight is 375 g/mol. The van der Waals surface area contributed by atoms with Crippen LogP contribution in [0.25, 0.3) is 0 Å². The van der Waals surface area contributed by atoms with Crippen LogP contribution >= 0.6 is 27.5 Å². The number of benzene rings is 1. The molecule has 1 aromatic rings. The summed E-state index contributed by atoms with van der Waals surface area (Å²) < 4.78 is 0.994. The number of hydrogen-bond donors (Lipinski definition) is 1. The third kappa shape index (κ3) is 4.93. The van der Waals surface area contributed by atoms with Crippen LogP contribution in [0.5, 0.6) is 0 Å². The van der Waals surface area contributed by atoms with Crippen molar-refractivity contribution in [3.63, 3.8) is 0 Å². The van der Waals surface area contributed by atoms with Gasteiger partial charge < -0.3 is 10.6 Å². The molecule has 3 nitrogen and oxygen atoms in total. The molecule has 1 fully saturated rings. The van der Waals surface area contributed by atoms with E-state index in [1.807, 2.05) is 18.2 Å². The fourth-order valence-electron chi connectivity index (χ4n) is 2.78. The number of hydrogen-bond acceptors (Lipinski definition) is 3. The third-order valence-corrected chi connectivity index (χ3v) is 5.08. The Bertz CT molecular complexity index is 459. The minimum atomic E-state index is 0.00808. The minimum absolute atomic E-state index is 0.00808. The first-order valence-electron chi connectivity index (χ1n) is 7.64. The molecule has 0 saturated carbocycles. The number of halogens is 2. The van der Waals surface area contributed by atoms with Crippen LogP contribution in [0.15, 0.2) is 22.7 Å². The summed E-state index contributed by atoms with van der Waals surface area (Å²) >= 11 is 9.70. The number of nitrogens with two attached hydrogens (primary N) is 1. The van der Waals surface area contributed by atoms with Crippen molar-refractivity contribution in [3.05, 3.63) is 33.3 Å². The molecule has 0 bridgehead atoms. The minimum Gasteiger partial charge on any atom is -0.324 e. The maximum Gasteiger partial charge on any atom is 0.0464 e. The highest BCUT2D eigenvalue weighted by Crippen LogP contribution is 2.27. The lowest BCUT2D eigenvalue weighted by Crippen LogP contribution is -2.49. The second kappa shape index (κ2) is 7.93. The van der Waals surface area contributed by atoms with Crippen molar-refractivity contribution < 1.29 is 0 Å². The zero-order valence-electron chi connectivity index (χ0n) is 12.9. The molecule has 0 spiro atoms. The zero-order chi connectivity index (χ0) is 15.4. The van der Waals surface area contributed by atoms with Crippen LogP contribution in [0.1, 0.15) is 31.9 Å². The summed E-state index contributed by atoms with van der Waals surface area (Å²) in [6.07, 6.45) is 0.947. The summed E-state index contributed by atoms with van der Waals surface area (Å²) in [4.78, 5) is 5.04. The molecule has 0 aliphatic carbocycles. The van der Waals surface area contributed by atoms with Crippen molar-refractivity contribution in [2.75, 3.05) is 32.7 Å². The van der Waals surface area contributed by atoms with Gasteiger partial charge in [-0.15, -0.1) is 0 Å². The molecule has 1 atom stereocenters. The maximum absolute atomic E-state index is 6.30. The van der Waals surface area contributed by atoms with Gasteiger partial charge in [-0.25, -0.2) is 0 Å². The molecule has 0 aromatic heterocycles. The Morgan fingerprint density at radius 3 is 2.48 bits per heavy atom. The van der Waals surface area contributed by atoms with Crippen molar-refractivity contribution >= 4 is 27.5 Å². The SMILES string of the molecule is CC(C)N1CCN(CCC(N)c2ccc(Br)cc2Cl)CC1. The van der Waals surface area contributed by atoms with Crippen molar-refractivity contribution in [2.45, 2.75) is 32.4 Å². The Morgan fingerprint density at radius 2 is 1.90 bits per heavy atom. The van der Waals surface area contributed by atoms with E-state index in [2.05, 4.69) is 39.6 Å². The van der Waals surface area contributed by atoms with Gasteiger partial charge in [0.2, 0.25) is 0 Å². The lowest BCUT2D eigenvalue weighted by Gasteiger charge is -2.37. The Labute approximate surface area is 141 Å². The van der Waals surface area contributed by atoms with Crippen LogP contribution in [-0.2, 0) is 0 Å².